The van der Waals surface area contributed by atoms with Crippen LogP contribution in [0, 0.1) is 0 Å². The molecule has 0 spiro atoms. The predicted molar refractivity (Wildman–Crippen MR) is 78.6 cm³/mol. The molecule has 0 aliphatic carbocycles. The summed E-state index contributed by atoms with van der Waals surface area (Å²) in [5.41, 5.74) is 6.25. The maximum Gasteiger partial charge on any atom is 0.249 e. The van der Waals surface area contributed by atoms with Gasteiger partial charge in [0.15, 0.2) is 0 Å². The maximum absolute atomic E-state index is 12.3. The lowest BCUT2D eigenvalue weighted by Crippen LogP contribution is -2.43. The number of para-hydroxylation sites is 1. The van der Waals surface area contributed by atoms with E-state index in [2.05, 4.69) is 5.32 Å². The molecule has 2 amide bonds. The van der Waals surface area contributed by atoms with E-state index in [0.29, 0.717) is 23.7 Å². The van der Waals surface area contributed by atoms with Crippen molar-refractivity contribution in [2.45, 2.75) is 31.8 Å². The smallest absolute Gasteiger partial charge is 0.249 e. The number of halogens is 1. The molecule has 6 heteroatoms. The molecule has 1 aliphatic heterocycles. The number of carbonyl (C=O) groups excluding carboxylic acids is 2. The molecule has 0 radical (unpaired) electrons. The highest BCUT2D eigenvalue weighted by molar-refractivity contribution is 6.34. The Morgan fingerprint density at radius 3 is 2.90 bits per heavy atom. The third-order valence-electron chi connectivity index (χ3n) is 3.19. The zero-order valence-corrected chi connectivity index (χ0v) is 12.1. The van der Waals surface area contributed by atoms with Crippen LogP contribution in [-0.2, 0) is 9.59 Å². The molecule has 2 unspecified atom stereocenters. The van der Waals surface area contributed by atoms with E-state index >= 15 is 0 Å². The van der Waals surface area contributed by atoms with Crippen LogP contribution in [-0.4, -0.2) is 30.4 Å². The second-order valence-electron chi connectivity index (χ2n) is 5.03. The highest BCUT2D eigenvalue weighted by Crippen LogP contribution is 2.28. The van der Waals surface area contributed by atoms with Crippen molar-refractivity contribution in [2.24, 2.45) is 5.73 Å². The molecule has 1 fully saturated rings. The lowest BCUT2D eigenvalue weighted by Gasteiger charge is -2.18. The predicted octanol–water partition coefficient (Wildman–Crippen LogP) is 1.30. The van der Waals surface area contributed by atoms with Crippen LogP contribution in [0.15, 0.2) is 24.3 Å². The van der Waals surface area contributed by atoms with Crippen LogP contribution in [0.3, 0.4) is 0 Å². The molecule has 108 valence electrons. The third kappa shape index (κ3) is 3.29. The molecule has 5 nitrogen and oxygen atoms in total. The van der Waals surface area contributed by atoms with Gasteiger partial charge in [0.05, 0.1) is 10.7 Å². The molecule has 0 aromatic heterocycles. The molecule has 0 bridgehead atoms. The van der Waals surface area contributed by atoms with Gasteiger partial charge in [-0.05, 0) is 25.5 Å². The number of hydrogen-bond acceptors (Lipinski definition) is 3. The molecule has 20 heavy (non-hydrogen) atoms. The van der Waals surface area contributed by atoms with Gasteiger partial charge in [-0.2, -0.15) is 0 Å². The zero-order valence-electron chi connectivity index (χ0n) is 11.3. The van der Waals surface area contributed by atoms with Crippen molar-refractivity contribution in [3.05, 3.63) is 29.3 Å². The first-order valence-electron chi connectivity index (χ1n) is 6.60. The van der Waals surface area contributed by atoms with Crippen LogP contribution >= 0.6 is 11.6 Å². The highest BCUT2D eigenvalue weighted by atomic mass is 35.5. The van der Waals surface area contributed by atoms with Crippen LogP contribution in [0.4, 0.5) is 5.69 Å². The molecule has 0 saturated carbocycles. The molecule has 1 aliphatic rings. The van der Waals surface area contributed by atoms with E-state index in [1.165, 1.54) is 0 Å². The van der Waals surface area contributed by atoms with Gasteiger partial charge in [0, 0.05) is 19.0 Å². The fraction of sp³-hybridized carbons (Fsp3) is 0.429. The van der Waals surface area contributed by atoms with Crippen LogP contribution in [0.1, 0.15) is 19.8 Å². The number of nitrogens with zero attached hydrogens (tertiary/aromatic N) is 1. The summed E-state index contributed by atoms with van der Waals surface area (Å²) in [6.07, 6.45) is 0.796. The van der Waals surface area contributed by atoms with Crippen LogP contribution in [0.25, 0.3) is 0 Å². The number of hydrogen-bond donors (Lipinski definition) is 2. The van der Waals surface area contributed by atoms with Gasteiger partial charge < -0.3 is 16.0 Å². The number of benzene rings is 1. The monoisotopic (exact) mass is 295 g/mol. The summed E-state index contributed by atoms with van der Waals surface area (Å²) < 4.78 is 0. The Balaban J connectivity index is 2.03. The average molecular weight is 296 g/mol. The van der Waals surface area contributed by atoms with Crippen molar-refractivity contribution in [2.75, 3.05) is 11.4 Å². The van der Waals surface area contributed by atoms with Crippen molar-refractivity contribution in [1.29, 1.82) is 0 Å². The Labute approximate surface area is 123 Å². The van der Waals surface area contributed by atoms with Gasteiger partial charge in [-0.3, -0.25) is 9.59 Å². The van der Waals surface area contributed by atoms with Gasteiger partial charge in [-0.1, -0.05) is 23.7 Å². The molecule has 1 heterocycles. The minimum atomic E-state index is -0.488. The SMILES string of the molecule is CC(N)CC(=O)NC1CCN(c2ccccc2Cl)C1=O. The summed E-state index contributed by atoms with van der Waals surface area (Å²) in [4.78, 5) is 25.6. The van der Waals surface area contributed by atoms with E-state index in [1.807, 2.05) is 12.1 Å². The first kappa shape index (κ1) is 14.8. The first-order valence-corrected chi connectivity index (χ1v) is 6.97. The fourth-order valence-corrected chi connectivity index (χ4v) is 2.51. The van der Waals surface area contributed by atoms with E-state index < -0.39 is 6.04 Å². The van der Waals surface area contributed by atoms with Crippen molar-refractivity contribution in [3.8, 4) is 0 Å². The van der Waals surface area contributed by atoms with E-state index in [1.54, 1.807) is 24.0 Å². The Bertz CT molecular complexity index is 519. The third-order valence-corrected chi connectivity index (χ3v) is 3.51. The lowest BCUT2D eigenvalue weighted by molar-refractivity contribution is -0.126. The molecular weight excluding hydrogens is 278 g/mol. The zero-order chi connectivity index (χ0) is 14.7. The van der Waals surface area contributed by atoms with Crippen molar-refractivity contribution < 1.29 is 9.59 Å². The van der Waals surface area contributed by atoms with Gasteiger partial charge in [0.2, 0.25) is 11.8 Å². The number of anilines is 1. The van der Waals surface area contributed by atoms with E-state index in [0.717, 1.165) is 0 Å². The van der Waals surface area contributed by atoms with Gasteiger partial charge in [-0.25, -0.2) is 0 Å². The maximum atomic E-state index is 12.3. The van der Waals surface area contributed by atoms with Gasteiger partial charge in [-0.15, -0.1) is 0 Å². The molecule has 2 rings (SSSR count). The number of nitrogens with one attached hydrogen (secondary N) is 1. The quantitative estimate of drug-likeness (QED) is 0.879. The Hall–Kier alpha value is -1.59. The lowest BCUT2D eigenvalue weighted by atomic mass is 10.2. The minimum absolute atomic E-state index is 0.129. The topological polar surface area (TPSA) is 75.4 Å². The van der Waals surface area contributed by atoms with Crippen molar-refractivity contribution in [1.82, 2.24) is 5.32 Å². The van der Waals surface area contributed by atoms with Gasteiger partial charge in [0.1, 0.15) is 6.04 Å². The summed E-state index contributed by atoms with van der Waals surface area (Å²) >= 11 is 6.09. The number of amides is 2. The normalized spacial score (nSPS) is 20.1. The number of rotatable bonds is 4. The van der Waals surface area contributed by atoms with Crippen LogP contribution < -0.4 is 16.0 Å². The summed E-state index contributed by atoms with van der Waals surface area (Å²) in [7, 11) is 0. The second kappa shape index (κ2) is 6.24. The Morgan fingerprint density at radius 1 is 1.55 bits per heavy atom. The highest BCUT2D eigenvalue weighted by Gasteiger charge is 2.34. The van der Waals surface area contributed by atoms with E-state index in [-0.39, 0.29) is 24.3 Å². The summed E-state index contributed by atoms with van der Waals surface area (Å²) in [5.74, 6) is -0.324. The minimum Gasteiger partial charge on any atom is -0.344 e. The van der Waals surface area contributed by atoms with E-state index in [4.69, 9.17) is 17.3 Å². The van der Waals surface area contributed by atoms with Crippen molar-refractivity contribution in [3.63, 3.8) is 0 Å². The Kier molecular flexibility index (Phi) is 4.62. The summed E-state index contributed by atoms with van der Waals surface area (Å²) in [6.45, 7) is 2.30. The average Bonchev–Trinajstić information content (AvgIpc) is 2.71. The molecule has 1 aromatic carbocycles. The molecular formula is C14H18ClN3O2. The van der Waals surface area contributed by atoms with Gasteiger partial charge >= 0.3 is 0 Å². The van der Waals surface area contributed by atoms with E-state index in [9.17, 15) is 9.59 Å². The number of nitrogens with two attached hydrogens (primary N) is 1. The van der Waals surface area contributed by atoms with Crippen molar-refractivity contribution >= 4 is 29.1 Å². The summed E-state index contributed by atoms with van der Waals surface area (Å²) in [5, 5.41) is 3.26. The summed E-state index contributed by atoms with van der Waals surface area (Å²) in [6, 6.07) is 6.48. The van der Waals surface area contributed by atoms with Gasteiger partial charge in [0.25, 0.3) is 0 Å². The second-order valence-corrected chi connectivity index (χ2v) is 5.44. The molecule has 1 aromatic rings. The number of carbonyl (C=O) groups is 2. The molecule has 2 atom stereocenters. The Morgan fingerprint density at radius 2 is 2.25 bits per heavy atom. The largest absolute Gasteiger partial charge is 0.344 e. The van der Waals surface area contributed by atoms with Crippen LogP contribution in [0.5, 0.6) is 0 Å². The van der Waals surface area contributed by atoms with Crippen LogP contribution in [0.2, 0.25) is 5.02 Å². The molecule has 1 saturated heterocycles. The first-order chi connectivity index (χ1) is 9.49. The fourth-order valence-electron chi connectivity index (χ4n) is 2.27. The standard InChI is InChI=1S/C14H18ClN3O2/c1-9(16)8-13(19)17-11-6-7-18(14(11)20)12-5-3-2-4-10(12)15/h2-5,9,11H,6-8,16H2,1H3,(H,17,19). The molecule has 3 N–H and O–H groups in total.